The number of benzene rings is 1. The van der Waals surface area contributed by atoms with Gasteiger partial charge in [-0.15, -0.1) is 0 Å². The molecule has 24 heavy (non-hydrogen) atoms. The zero-order chi connectivity index (χ0) is 17.6. The van der Waals surface area contributed by atoms with Crippen molar-refractivity contribution >= 4 is 22.6 Å². The minimum absolute atomic E-state index is 0.0251. The van der Waals surface area contributed by atoms with Gasteiger partial charge in [0, 0.05) is 37.3 Å². The SMILES string of the molecule is CCn1cc(C(=O)O)c(=O)c2cc(F)c(N3CC(C)C(N)C3)cc21. The van der Waals surface area contributed by atoms with E-state index in [4.69, 9.17) is 5.73 Å². The summed E-state index contributed by atoms with van der Waals surface area (Å²) in [5, 5.41) is 9.25. The Morgan fingerprint density at radius 2 is 2.12 bits per heavy atom. The first-order valence-corrected chi connectivity index (χ1v) is 7.94. The van der Waals surface area contributed by atoms with Crippen LogP contribution >= 0.6 is 0 Å². The van der Waals surface area contributed by atoms with Crippen molar-refractivity contribution in [3.8, 4) is 0 Å². The van der Waals surface area contributed by atoms with Gasteiger partial charge in [0.25, 0.3) is 0 Å². The zero-order valence-electron chi connectivity index (χ0n) is 13.6. The van der Waals surface area contributed by atoms with Gasteiger partial charge in [0.05, 0.1) is 11.2 Å². The highest BCUT2D eigenvalue weighted by Crippen LogP contribution is 2.29. The van der Waals surface area contributed by atoms with Crippen molar-refractivity contribution in [3.63, 3.8) is 0 Å². The molecule has 3 rings (SSSR count). The van der Waals surface area contributed by atoms with E-state index in [1.807, 2.05) is 18.7 Å². The summed E-state index contributed by atoms with van der Waals surface area (Å²) in [6, 6.07) is 2.73. The standard InChI is InChI=1S/C17H20FN3O3/c1-3-20-7-11(17(23)24)16(22)10-4-12(18)15(5-14(10)20)21-6-9(2)13(19)8-21/h4-5,7,9,13H,3,6,8,19H2,1-2H3,(H,23,24). The van der Waals surface area contributed by atoms with Crippen molar-refractivity contribution in [2.45, 2.75) is 26.4 Å². The van der Waals surface area contributed by atoms with Crippen molar-refractivity contribution in [1.29, 1.82) is 0 Å². The molecule has 1 aliphatic rings. The molecule has 1 fully saturated rings. The van der Waals surface area contributed by atoms with Crippen LogP contribution < -0.4 is 16.1 Å². The maximum absolute atomic E-state index is 14.6. The molecular formula is C17H20FN3O3. The molecule has 1 saturated heterocycles. The lowest BCUT2D eigenvalue weighted by atomic mass is 10.1. The molecule has 0 radical (unpaired) electrons. The van der Waals surface area contributed by atoms with Crippen LogP contribution in [0, 0.1) is 11.7 Å². The number of carboxylic acid groups (broad SMARTS) is 1. The highest BCUT2D eigenvalue weighted by molar-refractivity contribution is 5.93. The van der Waals surface area contributed by atoms with Crippen LogP contribution in [0.5, 0.6) is 0 Å². The van der Waals surface area contributed by atoms with E-state index in [1.165, 1.54) is 6.20 Å². The van der Waals surface area contributed by atoms with Gasteiger partial charge in [0.2, 0.25) is 5.43 Å². The van der Waals surface area contributed by atoms with Gasteiger partial charge in [-0.3, -0.25) is 4.79 Å². The summed E-state index contributed by atoms with van der Waals surface area (Å²) in [6.07, 6.45) is 1.31. The molecule has 128 valence electrons. The van der Waals surface area contributed by atoms with E-state index < -0.39 is 17.2 Å². The minimum Gasteiger partial charge on any atom is -0.477 e. The van der Waals surface area contributed by atoms with Gasteiger partial charge in [-0.25, -0.2) is 9.18 Å². The molecule has 7 heteroatoms. The Morgan fingerprint density at radius 3 is 2.67 bits per heavy atom. The number of anilines is 1. The molecule has 0 bridgehead atoms. The van der Waals surface area contributed by atoms with Crippen molar-refractivity contribution in [2.75, 3.05) is 18.0 Å². The van der Waals surface area contributed by atoms with Gasteiger partial charge in [0.15, 0.2) is 0 Å². The van der Waals surface area contributed by atoms with Crippen molar-refractivity contribution in [2.24, 2.45) is 11.7 Å². The second-order valence-electron chi connectivity index (χ2n) is 6.33. The molecule has 2 unspecified atom stereocenters. The van der Waals surface area contributed by atoms with Crippen LogP contribution in [0.15, 0.2) is 23.1 Å². The molecule has 0 aliphatic carbocycles. The van der Waals surface area contributed by atoms with E-state index in [0.717, 1.165) is 6.07 Å². The predicted octanol–water partition coefficient (Wildman–Crippen LogP) is 1.64. The van der Waals surface area contributed by atoms with Crippen LogP contribution in [0.1, 0.15) is 24.2 Å². The number of nitrogens with two attached hydrogens (primary N) is 1. The summed E-state index contributed by atoms with van der Waals surface area (Å²) in [7, 11) is 0. The highest BCUT2D eigenvalue weighted by atomic mass is 19.1. The molecule has 1 aliphatic heterocycles. The number of fused-ring (bicyclic) bond motifs is 1. The van der Waals surface area contributed by atoms with Gasteiger partial charge in [-0.2, -0.15) is 0 Å². The summed E-state index contributed by atoms with van der Waals surface area (Å²) < 4.78 is 16.3. The first-order chi connectivity index (χ1) is 11.3. The molecule has 6 nitrogen and oxygen atoms in total. The molecule has 0 spiro atoms. The lowest BCUT2D eigenvalue weighted by molar-refractivity contribution is 0.0695. The third-order valence-electron chi connectivity index (χ3n) is 4.73. The maximum atomic E-state index is 14.6. The smallest absolute Gasteiger partial charge is 0.341 e. The monoisotopic (exact) mass is 333 g/mol. The molecule has 2 atom stereocenters. The van der Waals surface area contributed by atoms with Gasteiger partial charge >= 0.3 is 5.97 Å². The average Bonchev–Trinajstić information content (AvgIpc) is 2.86. The highest BCUT2D eigenvalue weighted by Gasteiger charge is 2.29. The second kappa shape index (κ2) is 5.90. The van der Waals surface area contributed by atoms with Crippen molar-refractivity contribution < 1.29 is 14.3 Å². The fraction of sp³-hybridized carbons (Fsp3) is 0.412. The largest absolute Gasteiger partial charge is 0.477 e. The number of halogens is 1. The number of carboxylic acids is 1. The molecule has 2 aromatic rings. The molecule has 2 heterocycles. The lowest BCUT2D eigenvalue weighted by Gasteiger charge is -2.21. The van der Waals surface area contributed by atoms with Crippen LogP contribution in [0.25, 0.3) is 10.9 Å². The Kier molecular flexibility index (Phi) is 4.04. The van der Waals surface area contributed by atoms with Crippen LogP contribution in [-0.4, -0.2) is 34.8 Å². The number of nitrogens with zero attached hydrogens (tertiary/aromatic N) is 2. The van der Waals surface area contributed by atoms with E-state index >= 15 is 0 Å². The van der Waals surface area contributed by atoms with E-state index in [0.29, 0.717) is 30.8 Å². The van der Waals surface area contributed by atoms with E-state index in [1.54, 1.807) is 10.6 Å². The summed E-state index contributed by atoms with van der Waals surface area (Å²) >= 11 is 0. The number of aromatic nitrogens is 1. The Balaban J connectivity index is 2.23. The first kappa shape index (κ1) is 16.4. The van der Waals surface area contributed by atoms with Crippen LogP contribution in [0.3, 0.4) is 0 Å². The number of carbonyl (C=O) groups is 1. The quantitative estimate of drug-likeness (QED) is 0.891. The van der Waals surface area contributed by atoms with E-state index in [-0.39, 0.29) is 22.9 Å². The van der Waals surface area contributed by atoms with Crippen molar-refractivity contribution in [3.05, 3.63) is 39.9 Å². The molecule has 1 aromatic carbocycles. The predicted molar refractivity (Wildman–Crippen MR) is 90.2 cm³/mol. The van der Waals surface area contributed by atoms with Crippen LogP contribution in [0.4, 0.5) is 10.1 Å². The first-order valence-electron chi connectivity index (χ1n) is 7.94. The Bertz CT molecular complexity index is 867. The van der Waals surface area contributed by atoms with Gasteiger partial charge < -0.3 is 20.3 Å². The van der Waals surface area contributed by atoms with E-state index in [9.17, 15) is 19.1 Å². The number of hydrogen-bond acceptors (Lipinski definition) is 4. The number of pyridine rings is 1. The molecule has 0 saturated carbocycles. The number of hydrogen-bond donors (Lipinski definition) is 2. The lowest BCUT2D eigenvalue weighted by Crippen LogP contribution is -2.29. The molecule has 1 aromatic heterocycles. The fourth-order valence-corrected chi connectivity index (χ4v) is 3.24. The topological polar surface area (TPSA) is 88.6 Å². The van der Waals surface area contributed by atoms with Gasteiger partial charge in [-0.05, 0) is 25.0 Å². The van der Waals surface area contributed by atoms with Crippen LogP contribution in [0.2, 0.25) is 0 Å². The number of aromatic carboxylic acids is 1. The Hall–Kier alpha value is -2.41. The maximum Gasteiger partial charge on any atom is 0.341 e. The van der Waals surface area contributed by atoms with Gasteiger partial charge in [0.1, 0.15) is 11.4 Å². The minimum atomic E-state index is -1.31. The third kappa shape index (κ3) is 2.54. The Labute approximate surface area is 138 Å². The number of aryl methyl sites for hydroxylation is 1. The molecule has 3 N–H and O–H groups in total. The summed E-state index contributed by atoms with van der Waals surface area (Å²) in [6.45, 7) is 5.52. The normalized spacial score (nSPS) is 20.8. The average molecular weight is 333 g/mol. The molecular weight excluding hydrogens is 313 g/mol. The zero-order valence-corrected chi connectivity index (χ0v) is 13.6. The fourth-order valence-electron chi connectivity index (χ4n) is 3.24. The third-order valence-corrected chi connectivity index (χ3v) is 4.73. The second-order valence-corrected chi connectivity index (χ2v) is 6.33. The van der Waals surface area contributed by atoms with Crippen LogP contribution in [-0.2, 0) is 6.54 Å². The molecule has 0 amide bonds. The summed E-state index contributed by atoms with van der Waals surface area (Å²) in [5.41, 5.74) is 5.92. The van der Waals surface area contributed by atoms with E-state index in [2.05, 4.69) is 0 Å². The number of rotatable bonds is 3. The summed E-state index contributed by atoms with van der Waals surface area (Å²) in [5.74, 6) is -1.60. The van der Waals surface area contributed by atoms with Gasteiger partial charge in [-0.1, -0.05) is 6.92 Å². The Morgan fingerprint density at radius 1 is 1.42 bits per heavy atom. The summed E-state index contributed by atoms with van der Waals surface area (Å²) in [4.78, 5) is 25.4. The van der Waals surface area contributed by atoms with Crippen molar-refractivity contribution in [1.82, 2.24) is 4.57 Å².